The lowest BCUT2D eigenvalue weighted by atomic mass is 10.1. The van der Waals surface area contributed by atoms with E-state index >= 15 is 0 Å². The summed E-state index contributed by atoms with van der Waals surface area (Å²) >= 11 is 0. The van der Waals surface area contributed by atoms with Crippen molar-refractivity contribution in [2.45, 2.75) is 47.1 Å². The summed E-state index contributed by atoms with van der Waals surface area (Å²) in [5.74, 6) is 1.25. The van der Waals surface area contributed by atoms with Gasteiger partial charge in [0.25, 0.3) is 0 Å². The third kappa shape index (κ3) is 5.16. The maximum atomic E-state index is 12.3. The average molecular weight is 343 g/mol. The number of hydrogen-bond donors (Lipinski definition) is 1. The normalized spacial score (nSPS) is 12.4. The molecular weight excluding hydrogens is 314 g/mol. The van der Waals surface area contributed by atoms with E-state index < -0.39 is 0 Å². The van der Waals surface area contributed by atoms with Crippen molar-refractivity contribution in [3.8, 4) is 11.5 Å². The second-order valence-corrected chi connectivity index (χ2v) is 6.44. The van der Waals surface area contributed by atoms with Crippen molar-refractivity contribution in [1.82, 2.24) is 15.2 Å². The second kappa shape index (κ2) is 8.81. The minimum atomic E-state index is -0.0220. The van der Waals surface area contributed by atoms with Gasteiger partial charge in [-0.15, -0.1) is 0 Å². The molecule has 0 fully saturated rings. The van der Waals surface area contributed by atoms with Gasteiger partial charge in [0.05, 0.1) is 12.1 Å². The van der Waals surface area contributed by atoms with Gasteiger partial charge in [-0.2, -0.15) is 0 Å². The van der Waals surface area contributed by atoms with Crippen molar-refractivity contribution in [2.75, 3.05) is 19.6 Å². The Hall–Kier alpha value is -2.14. The molecule has 5 nitrogen and oxygen atoms in total. The first-order valence-electron chi connectivity index (χ1n) is 8.98. The van der Waals surface area contributed by atoms with E-state index in [0.29, 0.717) is 29.9 Å². The number of rotatable bonds is 8. The minimum absolute atomic E-state index is 0.0220. The maximum Gasteiger partial charge on any atom is 0.226 e. The Morgan fingerprint density at radius 2 is 2.00 bits per heavy atom. The molecule has 25 heavy (non-hydrogen) atoms. The lowest BCUT2D eigenvalue weighted by molar-refractivity contribution is -0.120. The van der Waals surface area contributed by atoms with Crippen LogP contribution in [-0.4, -0.2) is 41.5 Å². The lowest BCUT2D eigenvalue weighted by Crippen LogP contribution is -2.42. The smallest absolute Gasteiger partial charge is 0.226 e. The first kappa shape index (κ1) is 19.2. The number of nitrogens with one attached hydrogen (secondary N) is 1. The van der Waals surface area contributed by atoms with Crippen molar-refractivity contribution in [2.24, 2.45) is 0 Å². The quantitative estimate of drug-likeness (QED) is 0.798. The van der Waals surface area contributed by atoms with Gasteiger partial charge < -0.3 is 9.73 Å². The Morgan fingerprint density at radius 3 is 2.64 bits per heavy atom. The Balaban J connectivity index is 1.97. The highest BCUT2D eigenvalue weighted by Gasteiger charge is 2.16. The SMILES string of the molecule is CCN(CC)C(C)CNC(=O)Cc1nc(-c2cccc(C)c2)oc1C. The van der Waals surface area contributed by atoms with E-state index in [1.165, 1.54) is 0 Å². The fourth-order valence-corrected chi connectivity index (χ4v) is 2.95. The molecule has 1 unspecified atom stereocenters. The molecule has 2 aromatic rings. The van der Waals surface area contributed by atoms with Crippen molar-refractivity contribution in [3.05, 3.63) is 41.3 Å². The van der Waals surface area contributed by atoms with Gasteiger partial charge in [-0.05, 0) is 46.0 Å². The molecule has 0 radical (unpaired) electrons. The first-order chi connectivity index (χ1) is 11.9. The van der Waals surface area contributed by atoms with Crippen LogP contribution >= 0.6 is 0 Å². The number of aryl methyl sites for hydroxylation is 2. The molecule has 0 saturated carbocycles. The highest BCUT2D eigenvalue weighted by molar-refractivity contribution is 5.78. The van der Waals surface area contributed by atoms with Crippen molar-refractivity contribution in [3.63, 3.8) is 0 Å². The number of amides is 1. The molecule has 2 rings (SSSR count). The Kier molecular flexibility index (Phi) is 6.76. The van der Waals surface area contributed by atoms with Crippen LogP contribution in [-0.2, 0) is 11.2 Å². The van der Waals surface area contributed by atoms with E-state index in [4.69, 9.17) is 4.42 Å². The molecule has 1 heterocycles. The number of likely N-dealkylation sites (N-methyl/N-ethyl adjacent to an activating group) is 1. The molecule has 0 bridgehead atoms. The van der Waals surface area contributed by atoms with E-state index in [0.717, 1.165) is 24.2 Å². The van der Waals surface area contributed by atoms with Crippen LogP contribution < -0.4 is 5.32 Å². The molecule has 1 aromatic heterocycles. The van der Waals surface area contributed by atoms with Gasteiger partial charge in [0, 0.05) is 18.2 Å². The van der Waals surface area contributed by atoms with Gasteiger partial charge in [-0.3, -0.25) is 9.69 Å². The van der Waals surface area contributed by atoms with E-state index in [2.05, 4.69) is 36.0 Å². The summed E-state index contributed by atoms with van der Waals surface area (Å²) in [4.78, 5) is 19.1. The molecule has 0 saturated heterocycles. The van der Waals surface area contributed by atoms with Crippen LogP contribution in [0.15, 0.2) is 28.7 Å². The number of carbonyl (C=O) groups is 1. The summed E-state index contributed by atoms with van der Waals surface area (Å²) in [6, 6.07) is 8.32. The van der Waals surface area contributed by atoms with Crippen LogP contribution in [0.3, 0.4) is 0 Å². The van der Waals surface area contributed by atoms with E-state index in [1.54, 1.807) is 0 Å². The van der Waals surface area contributed by atoms with Crippen LogP contribution in [0.5, 0.6) is 0 Å². The van der Waals surface area contributed by atoms with Crippen LogP contribution in [0, 0.1) is 13.8 Å². The van der Waals surface area contributed by atoms with Crippen LogP contribution in [0.1, 0.15) is 37.8 Å². The Bertz CT molecular complexity index is 705. The molecule has 0 spiro atoms. The molecule has 1 amide bonds. The van der Waals surface area contributed by atoms with Crippen LogP contribution in [0.25, 0.3) is 11.5 Å². The fourth-order valence-electron chi connectivity index (χ4n) is 2.95. The molecule has 5 heteroatoms. The zero-order chi connectivity index (χ0) is 18.4. The number of hydrogen-bond acceptors (Lipinski definition) is 4. The van der Waals surface area contributed by atoms with Crippen molar-refractivity contribution in [1.29, 1.82) is 0 Å². The van der Waals surface area contributed by atoms with Gasteiger partial charge in [0.1, 0.15) is 5.76 Å². The maximum absolute atomic E-state index is 12.3. The molecule has 136 valence electrons. The number of carbonyl (C=O) groups excluding carboxylic acids is 1. The zero-order valence-electron chi connectivity index (χ0n) is 15.9. The molecule has 1 N–H and O–H groups in total. The van der Waals surface area contributed by atoms with E-state index in [9.17, 15) is 4.79 Å². The third-order valence-electron chi connectivity index (χ3n) is 4.52. The summed E-state index contributed by atoms with van der Waals surface area (Å²) in [6.07, 6.45) is 0.242. The second-order valence-electron chi connectivity index (χ2n) is 6.44. The fraction of sp³-hybridized carbons (Fsp3) is 0.500. The first-order valence-corrected chi connectivity index (χ1v) is 8.98. The van der Waals surface area contributed by atoms with Crippen molar-refractivity contribution >= 4 is 5.91 Å². The summed E-state index contributed by atoms with van der Waals surface area (Å²) in [6.45, 7) is 12.9. The lowest BCUT2D eigenvalue weighted by Gasteiger charge is -2.26. The third-order valence-corrected chi connectivity index (χ3v) is 4.52. The Morgan fingerprint density at radius 1 is 1.28 bits per heavy atom. The molecule has 1 atom stereocenters. The summed E-state index contributed by atoms with van der Waals surface area (Å²) in [5.41, 5.74) is 2.78. The van der Waals surface area contributed by atoms with Gasteiger partial charge in [0.2, 0.25) is 11.8 Å². The van der Waals surface area contributed by atoms with Crippen molar-refractivity contribution < 1.29 is 9.21 Å². The highest BCUT2D eigenvalue weighted by Crippen LogP contribution is 2.22. The number of oxazole rings is 1. The minimum Gasteiger partial charge on any atom is -0.441 e. The number of benzene rings is 1. The van der Waals surface area contributed by atoms with E-state index in [1.807, 2.05) is 38.1 Å². The standard InChI is InChI=1S/C20H29N3O2/c1-6-23(7-2)15(4)13-21-19(24)12-18-16(5)25-20(22-18)17-10-8-9-14(3)11-17/h8-11,15H,6-7,12-13H2,1-5H3,(H,21,24). The monoisotopic (exact) mass is 343 g/mol. The zero-order valence-corrected chi connectivity index (χ0v) is 15.9. The predicted molar refractivity (Wildman–Crippen MR) is 101 cm³/mol. The average Bonchev–Trinajstić information content (AvgIpc) is 2.95. The van der Waals surface area contributed by atoms with Gasteiger partial charge >= 0.3 is 0 Å². The molecule has 0 aliphatic rings. The molecular formula is C20H29N3O2. The van der Waals surface area contributed by atoms with Gasteiger partial charge in [0.15, 0.2) is 0 Å². The largest absolute Gasteiger partial charge is 0.441 e. The Labute approximate surface area is 150 Å². The number of nitrogens with zero attached hydrogens (tertiary/aromatic N) is 2. The molecule has 0 aliphatic carbocycles. The van der Waals surface area contributed by atoms with Gasteiger partial charge in [-0.1, -0.05) is 31.5 Å². The van der Waals surface area contributed by atoms with Gasteiger partial charge in [-0.25, -0.2) is 4.98 Å². The topological polar surface area (TPSA) is 58.4 Å². The predicted octanol–water partition coefficient (Wildman–Crippen LogP) is 3.35. The molecule has 1 aromatic carbocycles. The summed E-state index contributed by atoms with van der Waals surface area (Å²) in [7, 11) is 0. The summed E-state index contributed by atoms with van der Waals surface area (Å²) < 4.78 is 5.76. The van der Waals surface area contributed by atoms with E-state index in [-0.39, 0.29) is 12.3 Å². The van der Waals surface area contributed by atoms with Crippen LogP contribution in [0.2, 0.25) is 0 Å². The highest BCUT2D eigenvalue weighted by atomic mass is 16.4. The number of aromatic nitrogens is 1. The molecule has 0 aliphatic heterocycles. The summed E-state index contributed by atoms with van der Waals surface area (Å²) in [5, 5.41) is 3.00. The van der Waals surface area contributed by atoms with Crippen LogP contribution in [0.4, 0.5) is 0 Å².